The molecule has 2 rings (SSSR count). The molecular formula is C13H15FN2O. The van der Waals surface area contributed by atoms with E-state index in [0.717, 1.165) is 19.3 Å². The predicted molar refractivity (Wildman–Crippen MR) is 63.0 cm³/mol. The zero-order valence-corrected chi connectivity index (χ0v) is 9.49. The van der Waals surface area contributed by atoms with Crippen LogP contribution in [-0.4, -0.2) is 17.8 Å². The summed E-state index contributed by atoms with van der Waals surface area (Å²) in [5.41, 5.74) is 0.578. The zero-order valence-electron chi connectivity index (χ0n) is 9.49. The molecule has 0 saturated heterocycles. The van der Waals surface area contributed by atoms with Crippen molar-refractivity contribution in [1.29, 1.82) is 5.26 Å². The van der Waals surface area contributed by atoms with Crippen molar-refractivity contribution in [3.63, 3.8) is 0 Å². The minimum atomic E-state index is -0.504. The van der Waals surface area contributed by atoms with Crippen molar-refractivity contribution < 1.29 is 9.50 Å². The second-order valence-corrected chi connectivity index (χ2v) is 4.40. The quantitative estimate of drug-likeness (QED) is 0.843. The number of rotatable bonds is 3. The highest BCUT2D eigenvalue weighted by molar-refractivity contribution is 5.58. The second-order valence-electron chi connectivity index (χ2n) is 4.40. The Balaban J connectivity index is 2.19. The van der Waals surface area contributed by atoms with Gasteiger partial charge in [0.05, 0.1) is 5.69 Å². The van der Waals surface area contributed by atoms with Crippen molar-refractivity contribution in [1.82, 2.24) is 0 Å². The first-order valence-electron chi connectivity index (χ1n) is 5.82. The largest absolute Gasteiger partial charge is 0.396 e. The van der Waals surface area contributed by atoms with Gasteiger partial charge < -0.3 is 10.4 Å². The molecule has 90 valence electrons. The summed E-state index contributed by atoms with van der Waals surface area (Å²) in [6.07, 6.45) is 2.98. The maximum atomic E-state index is 13.4. The molecule has 0 bridgehead atoms. The van der Waals surface area contributed by atoms with Crippen LogP contribution in [-0.2, 0) is 0 Å². The Bertz CT molecular complexity index is 442. The van der Waals surface area contributed by atoms with Gasteiger partial charge in [-0.15, -0.1) is 0 Å². The lowest BCUT2D eigenvalue weighted by molar-refractivity contribution is 0.222. The van der Waals surface area contributed by atoms with Gasteiger partial charge in [-0.3, -0.25) is 0 Å². The van der Waals surface area contributed by atoms with Gasteiger partial charge in [0, 0.05) is 18.6 Å². The number of nitrogens with zero attached hydrogens (tertiary/aromatic N) is 1. The van der Waals surface area contributed by atoms with E-state index >= 15 is 0 Å². The van der Waals surface area contributed by atoms with Crippen molar-refractivity contribution >= 4 is 5.69 Å². The number of anilines is 1. The molecule has 1 fully saturated rings. The van der Waals surface area contributed by atoms with Gasteiger partial charge in [-0.05, 0) is 25.0 Å². The van der Waals surface area contributed by atoms with E-state index in [0.29, 0.717) is 5.69 Å². The fourth-order valence-electron chi connectivity index (χ4n) is 2.40. The third-order valence-corrected chi connectivity index (χ3v) is 3.36. The van der Waals surface area contributed by atoms with Gasteiger partial charge in [0.25, 0.3) is 0 Å². The van der Waals surface area contributed by atoms with E-state index in [1.165, 1.54) is 6.07 Å². The van der Waals surface area contributed by atoms with Gasteiger partial charge in [-0.2, -0.15) is 5.26 Å². The zero-order chi connectivity index (χ0) is 12.3. The maximum absolute atomic E-state index is 13.4. The van der Waals surface area contributed by atoms with Gasteiger partial charge in [0.15, 0.2) is 0 Å². The van der Waals surface area contributed by atoms with Crippen LogP contribution in [0.3, 0.4) is 0 Å². The van der Waals surface area contributed by atoms with Crippen LogP contribution in [0.25, 0.3) is 0 Å². The van der Waals surface area contributed by atoms with E-state index in [9.17, 15) is 9.50 Å². The van der Waals surface area contributed by atoms with E-state index in [-0.39, 0.29) is 24.1 Å². The number of halogens is 1. The molecule has 0 amide bonds. The summed E-state index contributed by atoms with van der Waals surface area (Å²) in [4.78, 5) is 0. The Hall–Kier alpha value is -1.60. The Morgan fingerprint density at radius 2 is 2.29 bits per heavy atom. The monoisotopic (exact) mass is 234 g/mol. The van der Waals surface area contributed by atoms with E-state index in [1.54, 1.807) is 12.1 Å². The van der Waals surface area contributed by atoms with Crippen molar-refractivity contribution in [2.45, 2.75) is 25.3 Å². The normalized spacial score (nSPS) is 23.4. The molecule has 3 nitrogen and oxygen atoms in total. The molecule has 0 heterocycles. The highest BCUT2D eigenvalue weighted by atomic mass is 19.1. The number of aliphatic hydroxyl groups excluding tert-OH is 1. The minimum Gasteiger partial charge on any atom is -0.396 e. The van der Waals surface area contributed by atoms with Crippen molar-refractivity contribution in [3.8, 4) is 6.07 Å². The molecule has 17 heavy (non-hydrogen) atoms. The summed E-state index contributed by atoms with van der Waals surface area (Å²) >= 11 is 0. The highest BCUT2D eigenvalue weighted by Gasteiger charge is 2.27. The lowest BCUT2D eigenvalue weighted by Crippen LogP contribution is -2.26. The Labute approximate surface area is 99.9 Å². The molecule has 1 aliphatic rings. The molecule has 1 aliphatic carbocycles. The van der Waals surface area contributed by atoms with Gasteiger partial charge in [-0.1, -0.05) is 12.5 Å². The van der Waals surface area contributed by atoms with E-state index in [2.05, 4.69) is 5.32 Å². The van der Waals surface area contributed by atoms with Gasteiger partial charge in [-0.25, -0.2) is 4.39 Å². The summed E-state index contributed by atoms with van der Waals surface area (Å²) in [6.45, 7) is 0.134. The molecule has 2 unspecified atom stereocenters. The minimum absolute atomic E-state index is 0.0519. The molecule has 1 saturated carbocycles. The predicted octanol–water partition coefficient (Wildman–Crippen LogP) is 2.27. The fourth-order valence-corrected chi connectivity index (χ4v) is 2.40. The number of nitriles is 1. The third kappa shape index (κ3) is 2.40. The summed E-state index contributed by atoms with van der Waals surface area (Å²) < 4.78 is 13.4. The molecular weight excluding hydrogens is 219 g/mol. The Morgan fingerprint density at radius 3 is 3.00 bits per heavy atom. The number of aliphatic hydroxyl groups is 1. The molecule has 1 aromatic rings. The molecule has 0 aromatic heterocycles. The topological polar surface area (TPSA) is 56.0 Å². The number of benzene rings is 1. The standard InChI is InChI=1S/C13H15FN2O/c14-11-4-2-6-13(10(11)7-15)16-12-5-1-3-9(12)8-17/h2,4,6,9,12,16-17H,1,3,5,8H2. The summed E-state index contributed by atoms with van der Waals surface area (Å²) in [5, 5.41) is 21.3. The van der Waals surface area contributed by atoms with Crippen LogP contribution in [0.4, 0.5) is 10.1 Å². The molecule has 2 atom stereocenters. The number of hydrogen-bond acceptors (Lipinski definition) is 3. The maximum Gasteiger partial charge on any atom is 0.143 e. The number of hydrogen-bond donors (Lipinski definition) is 2. The molecule has 4 heteroatoms. The number of nitrogens with one attached hydrogen (secondary N) is 1. The lowest BCUT2D eigenvalue weighted by Gasteiger charge is -2.21. The molecule has 0 aliphatic heterocycles. The summed E-state index contributed by atoms with van der Waals surface area (Å²) in [7, 11) is 0. The average Bonchev–Trinajstić information content (AvgIpc) is 2.77. The fraction of sp³-hybridized carbons (Fsp3) is 0.462. The Morgan fingerprint density at radius 1 is 1.47 bits per heavy atom. The average molecular weight is 234 g/mol. The molecule has 2 N–H and O–H groups in total. The van der Waals surface area contributed by atoms with Crippen LogP contribution in [0, 0.1) is 23.1 Å². The van der Waals surface area contributed by atoms with Crippen LogP contribution in [0.5, 0.6) is 0 Å². The van der Waals surface area contributed by atoms with Gasteiger partial charge in [0.2, 0.25) is 0 Å². The molecule has 1 aromatic carbocycles. The smallest absolute Gasteiger partial charge is 0.143 e. The lowest BCUT2D eigenvalue weighted by atomic mass is 10.0. The van der Waals surface area contributed by atoms with Crippen molar-refractivity contribution in [2.24, 2.45) is 5.92 Å². The molecule has 0 spiro atoms. The summed E-state index contributed by atoms with van der Waals surface area (Å²) in [5.74, 6) is -0.305. The van der Waals surface area contributed by atoms with E-state index in [1.807, 2.05) is 6.07 Å². The van der Waals surface area contributed by atoms with Crippen LogP contribution in [0.15, 0.2) is 18.2 Å². The van der Waals surface area contributed by atoms with Crippen LogP contribution >= 0.6 is 0 Å². The van der Waals surface area contributed by atoms with Crippen molar-refractivity contribution in [3.05, 3.63) is 29.6 Å². The molecule has 0 radical (unpaired) electrons. The van der Waals surface area contributed by atoms with Crippen LogP contribution in [0.1, 0.15) is 24.8 Å². The highest BCUT2D eigenvalue weighted by Crippen LogP contribution is 2.29. The SMILES string of the molecule is N#Cc1c(F)cccc1NC1CCCC1CO. The summed E-state index contributed by atoms with van der Waals surface area (Å²) in [6, 6.07) is 6.57. The first-order chi connectivity index (χ1) is 8.26. The van der Waals surface area contributed by atoms with Crippen LogP contribution in [0.2, 0.25) is 0 Å². The van der Waals surface area contributed by atoms with Gasteiger partial charge in [0.1, 0.15) is 17.4 Å². The third-order valence-electron chi connectivity index (χ3n) is 3.36. The first-order valence-corrected chi connectivity index (χ1v) is 5.82. The van der Waals surface area contributed by atoms with Crippen LogP contribution < -0.4 is 5.32 Å². The second kappa shape index (κ2) is 5.15. The van der Waals surface area contributed by atoms with Crippen molar-refractivity contribution in [2.75, 3.05) is 11.9 Å². The van der Waals surface area contributed by atoms with Gasteiger partial charge >= 0.3 is 0 Å². The van der Waals surface area contributed by atoms with E-state index < -0.39 is 5.82 Å². The Kier molecular flexibility index (Phi) is 3.60. The van der Waals surface area contributed by atoms with E-state index in [4.69, 9.17) is 5.26 Å². The first kappa shape index (κ1) is 11.9.